The van der Waals surface area contributed by atoms with Crippen LogP contribution in [0.1, 0.15) is 98.3 Å². The Kier molecular flexibility index (Phi) is 29.4. The highest BCUT2D eigenvalue weighted by atomic mass is 33.1. The lowest BCUT2D eigenvalue weighted by molar-refractivity contribution is -0.893. The van der Waals surface area contributed by atoms with Gasteiger partial charge in [0, 0.05) is 60.0 Å². The molecule has 38 nitrogen and oxygen atoms in total. The van der Waals surface area contributed by atoms with E-state index in [4.69, 9.17) is 14.5 Å². The predicted molar refractivity (Wildman–Crippen MR) is 283 cm³/mol. The van der Waals surface area contributed by atoms with Gasteiger partial charge in [-0.3, -0.25) is 9.83 Å². The average Bonchev–Trinajstić information content (AvgIpc) is 1.47. The fourth-order valence-electron chi connectivity index (χ4n) is 12.7. The Bertz CT molecular complexity index is 2140. The molecule has 0 radical (unpaired) electrons. The van der Waals surface area contributed by atoms with Gasteiger partial charge in [0.2, 0.25) is 5.91 Å². The van der Waals surface area contributed by atoms with Gasteiger partial charge in [-0.15, -0.1) is 80.9 Å². The van der Waals surface area contributed by atoms with Gasteiger partial charge in [-0.05, 0) is 105 Å². The number of carbonyl (C=O) groups is 1. The molecule has 0 aliphatic heterocycles. The first-order chi connectivity index (χ1) is 39.4. The first kappa shape index (κ1) is 72.2. The van der Waals surface area contributed by atoms with Crippen molar-refractivity contribution in [1.29, 1.82) is 0 Å². The van der Waals surface area contributed by atoms with E-state index >= 15 is 0 Å². The molecule has 0 saturated heterocycles. The maximum Gasteiger partial charge on any atom is 0.294 e. The molecule has 0 bridgehead atoms. The summed E-state index contributed by atoms with van der Waals surface area (Å²) in [5.74, 6) is -0.207. The second-order valence-electron chi connectivity index (χ2n) is 22.8. The van der Waals surface area contributed by atoms with Crippen LogP contribution in [0.3, 0.4) is 0 Å². The van der Waals surface area contributed by atoms with E-state index in [0.717, 1.165) is 70.5 Å². The molecule has 4 aliphatic rings. The number of carbonyl (C=O) groups excluding carboxylic acids is 1. The summed E-state index contributed by atoms with van der Waals surface area (Å²) >= 11 is 0.982. The predicted octanol–water partition coefficient (Wildman–Crippen LogP) is 4.50. The first-order valence-corrected chi connectivity index (χ1v) is 30.0. The van der Waals surface area contributed by atoms with Gasteiger partial charge in [-0.25, -0.2) is 0 Å². The van der Waals surface area contributed by atoms with Gasteiger partial charge in [0.05, 0.1) is 32.6 Å². The van der Waals surface area contributed by atoms with E-state index in [2.05, 4.69) is 73.7 Å². The highest BCUT2D eigenvalue weighted by Gasteiger charge is 2.63. The van der Waals surface area contributed by atoms with Gasteiger partial charge in [0.1, 0.15) is 51.3 Å². The van der Waals surface area contributed by atoms with Crippen molar-refractivity contribution in [3.8, 4) is 0 Å². The number of hydrogen-bond acceptors (Lipinski definition) is 31. The molecule has 2 unspecified atom stereocenters. The zero-order valence-corrected chi connectivity index (χ0v) is 49.5. The van der Waals surface area contributed by atoms with Gasteiger partial charge in [-0.1, -0.05) is 49.3 Å². The number of nitrogens with one attached hydrogen (secondary N) is 1. The second-order valence-corrected chi connectivity index (χ2v) is 25.9. The van der Waals surface area contributed by atoms with Crippen molar-refractivity contribution in [2.75, 3.05) is 84.0 Å². The normalized spacial score (nSPS) is 25.2. The van der Waals surface area contributed by atoms with E-state index in [0.29, 0.717) is 63.2 Å². The zero-order chi connectivity index (χ0) is 63.0. The largest absolute Gasteiger partial charge is 0.691 e. The number of fused-ring (bicyclic) bond motifs is 5. The maximum atomic E-state index is 12.9. The molecular formula is C43H74N10O28S3. The van der Waals surface area contributed by atoms with Crippen LogP contribution in [0.5, 0.6) is 0 Å². The molecule has 12 atom stereocenters. The Hall–Kier alpha value is -6.04. The SMILES string of the molecule is CC(CSOO[O-])C[N+](C)(C)CCCNC(=O)CC[C@@H](C)[C@H]1CC[C@@H]2C1[C@@H](O[N+](=O)[O-])C[C@H]1[C@H]2[C@H](O[N+](=O)[O-])C[C@@H]2C[C@H](O[N+](=O)[O-])CC[C@@]21C.CCC(CO[N+](=O)[O-])(CO[N+](=O)[O-])CSSCC(CO[N+](=O)[O-])(CO[N+](=O)[O-])CO[N+](=O)[O-]. The van der Waals surface area contributed by atoms with Crippen molar-refractivity contribution < 1.29 is 103 Å². The van der Waals surface area contributed by atoms with Crippen LogP contribution < -0.4 is 10.6 Å². The Balaban J connectivity index is 0.000000487. The monoisotopic (exact) mass is 1270 g/mol. The van der Waals surface area contributed by atoms with E-state index < -0.39 is 103 Å². The van der Waals surface area contributed by atoms with Crippen molar-refractivity contribution in [2.45, 2.75) is 117 Å². The van der Waals surface area contributed by atoms with Gasteiger partial charge in [-0.2, -0.15) is 4.33 Å². The summed E-state index contributed by atoms with van der Waals surface area (Å²) in [4.78, 5) is 137. The minimum Gasteiger partial charge on any atom is -0.691 e. The summed E-state index contributed by atoms with van der Waals surface area (Å²) in [5.41, 5.74) is -3.29. The molecule has 4 aliphatic carbocycles. The van der Waals surface area contributed by atoms with E-state index in [1.807, 2.05) is 0 Å². The van der Waals surface area contributed by atoms with E-state index in [9.17, 15) is 91.0 Å². The number of quaternary nitrogens is 1. The van der Waals surface area contributed by atoms with Crippen LogP contribution in [0.4, 0.5) is 0 Å². The van der Waals surface area contributed by atoms with Gasteiger partial charge < -0.3 is 53.8 Å². The maximum absolute atomic E-state index is 12.9. The van der Waals surface area contributed by atoms with E-state index in [-0.39, 0.29) is 70.7 Å². The average molecular weight is 1280 g/mol. The van der Waals surface area contributed by atoms with Crippen molar-refractivity contribution in [2.24, 2.45) is 63.6 Å². The Morgan fingerprint density at radius 1 is 0.679 bits per heavy atom. The molecule has 4 saturated carbocycles. The Morgan fingerprint density at radius 2 is 1.18 bits per heavy atom. The summed E-state index contributed by atoms with van der Waals surface area (Å²) in [6, 6.07) is 0. The van der Waals surface area contributed by atoms with Crippen LogP contribution >= 0.6 is 33.6 Å². The molecule has 0 heterocycles. The molecule has 0 aromatic heterocycles. The van der Waals surface area contributed by atoms with Crippen molar-refractivity contribution in [3.63, 3.8) is 0 Å². The van der Waals surface area contributed by atoms with Gasteiger partial charge in [0.15, 0.2) is 0 Å². The van der Waals surface area contributed by atoms with Crippen LogP contribution in [-0.4, -0.2) is 153 Å². The lowest BCUT2D eigenvalue weighted by Gasteiger charge is -2.61. The van der Waals surface area contributed by atoms with Crippen molar-refractivity contribution >= 4 is 39.5 Å². The standard InChI is InChI=1S/C32H55N5O13S.C11H19N5O15S2/c1-20(19-51-50-49-45)18-37(4,5)14-6-13-33-29(38)10-7-21(2)24-8-9-25-30(24)28(48-36(43)44)17-26-31(25)27(47-35(41)42)16-22-15-23(46-34(39)40)11-12-32(22,26)3;1-2-10(3-27-12(17)18,4-28-13(19)20)8-32-33-9-11(5-29-14(21)22,6-30-15(23)24)7-31-16(25)26/h20-28,30-31H,6-19H2,1-5H3,(H-,33,38,45);2-9H2,1H3/t20?,21-,22+,23-,24-,25-,26+,27-,28+,30?,31+,32+;/m1./s1. The molecule has 482 valence electrons. The summed E-state index contributed by atoms with van der Waals surface area (Å²) in [6.45, 7) is 6.40. The van der Waals surface area contributed by atoms with Crippen LogP contribution in [0, 0.1) is 145 Å². The molecule has 1 N–H and O–H groups in total. The molecular weight excluding hydrogens is 1200 g/mol. The van der Waals surface area contributed by atoms with Crippen LogP contribution in [0.15, 0.2) is 0 Å². The topological polar surface area (TPSA) is 490 Å². The third-order valence-corrected chi connectivity index (χ3v) is 20.3. The number of hydrogen-bond donors (Lipinski definition) is 1. The number of nitrogens with zero attached hydrogens (tertiary/aromatic N) is 9. The van der Waals surface area contributed by atoms with Crippen molar-refractivity contribution in [3.05, 3.63) is 80.9 Å². The van der Waals surface area contributed by atoms with Gasteiger partial charge >= 0.3 is 0 Å². The Morgan fingerprint density at radius 3 is 1.67 bits per heavy atom. The minimum atomic E-state index is -1.73. The highest BCUT2D eigenvalue weighted by molar-refractivity contribution is 8.76. The lowest BCUT2D eigenvalue weighted by atomic mass is 9.45. The number of amides is 1. The smallest absolute Gasteiger partial charge is 0.294 e. The van der Waals surface area contributed by atoms with E-state index in [1.54, 1.807) is 6.92 Å². The second kappa shape index (κ2) is 34.2. The molecule has 84 heavy (non-hydrogen) atoms. The fourth-order valence-corrected chi connectivity index (χ4v) is 16.4. The highest BCUT2D eigenvalue weighted by Crippen LogP contribution is 2.65. The van der Waals surface area contributed by atoms with Gasteiger partial charge in [0.25, 0.3) is 40.7 Å². The third-order valence-electron chi connectivity index (χ3n) is 16.7. The molecule has 4 fully saturated rings. The number of rotatable bonds is 41. The first-order valence-electron chi connectivity index (χ1n) is 26.6. The summed E-state index contributed by atoms with van der Waals surface area (Å²) in [5, 5.41) is 95.7. The van der Waals surface area contributed by atoms with Crippen LogP contribution in [0.25, 0.3) is 0 Å². The van der Waals surface area contributed by atoms with Crippen molar-refractivity contribution in [1.82, 2.24) is 5.32 Å². The summed E-state index contributed by atoms with van der Waals surface area (Å²) in [7, 11) is 6.07. The summed E-state index contributed by atoms with van der Waals surface area (Å²) < 4.78 is 5.11. The minimum absolute atomic E-state index is 0.0311. The lowest BCUT2D eigenvalue weighted by Crippen LogP contribution is -2.60. The van der Waals surface area contributed by atoms with Crippen LogP contribution in [0.2, 0.25) is 0 Å². The Labute approximate surface area is 491 Å². The molecule has 41 heteroatoms. The quantitative estimate of drug-likeness (QED) is 0.0167. The molecule has 0 aromatic rings. The van der Waals surface area contributed by atoms with E-state index in [1.165, 1.54) is 0 Å². The molecule has 0 spiro atoms. The zero-order valence-electron chi connectivity index (χ0n) is 47.1. The fraction of sp³-hybridized carbons (Fsp3) is 0.977. The third kappa shape index (κ3) is 23.8. The summed E-state index contributed by atoms with van der Waals surface area (Å²) in [6.07, 6.45) is 3.41. The molecule has 4 rings (SSSR count). The molecule has 0 aromatic carbocycles. The van der Waals surface area contributed by atoms with Crippen LogP contribution in [-0.2, 0) is 52.9 Å². The molecule has 1 amide bonds.